The van der Waals surface area contributed by atoms with Gasteiger partial charge in [0.2, 0.25) is 0 Å². The summed E-state index contributed by atoms with van der Waals surface area (Å²) in [6, 6.07) is 15.2. The Bertz CT molecular complexity index is 1000. The molecule has 0 bridgehead atoms. The number of unbranched alkanes of at least 4 members (excludes halogenated alkanes) is 2. The summed E-state index contributed by atoms with van der Waals surface area (Å²) in [5.74, 6) is -0.717. The third kappa shape index (κ3) is 5.38. The number of ether oxygens (including phenoxy) is 1. The van der Waals surface area contributed by atoms with E-state index >= 15 is 0 Å². The van der Waals surface area contributed by atoms with Crippen LogP contribution in [0, 0.1) is 5.82 Å². The largest absolute Gasteiger partial charge is 0.469 e. The summed E-state index contributed by atoms with van der Waals surface area (Å²) in [5.41, 5.74) is 2.60. The molecule has 0 aliphatic rings. The van der Waals surface area contributed by atoms with Gasteiger partial charge in [-0.3, -0.25) is 9.59 Å². The molecule has 5 nitrogen and oxygen atoms in total. The van der Waals surface area contributed by atoms with Gasteiger partial charge >= 0.3 is 5.97 Å². The molecule has 1 aromatic heterocycles. The molecular weight excluding hydrogens is 371 g/mol. The Labute approximate surface area is 168 Å². The van der Waals surface area contributed by atoms with E-state index in [9.17, 15) is 14.0 Å². The Morgan fingerprint density at radius 2 is 1.79 bits per heavy atom. The van der Waals surface area contributed by atoms with Crippen molar-refractivity contribution in [2.45, 2.75) is 25.7 Å². The van der Waals surface area contributed by atoms with Crippen molar-refractivity contribution in [1.82, 2.24) is 10.3 Å². The number of carbonyl (C=O) groups excluding carboxylic acids is 2. The number of aromatic nitrogens is 1. The summed E-state index contributed by atoms with van der Waals surface area (Å²) >= 11 is 0. The summed E-state index contributed by atoms with van der Waals surface area (Å²) < 4.78 is 17.9. The van der Waals surface area contributed by atoms with Gasteiger partial charge in [-0.2, -0.15) is 0 Å². The predicted molar refractivity (Wildman–Crippen MR) is 110 cm³/mol. The molecule has 3 aromatic rings. The lowest BCUT2D eigenvalue weighted by Gasteiger charge is -2.11. The molecular formula is C23H23FN2O3. The number of para-hydroxylation sites is 1. The lowest BCUT2D eigenvalue weighted by atomic mass is 10.0. The molecule has 6 heteroatoms. The van der Waals surface area contributed by atoms with Crippen molar-refractivity contribution < 1.29 is 18.7 Å². The molecule has 0 radical (unpaired) electrons. The van der Waals surface area contributed by atoms with Crippen molar-refractivity contribution in [3.05, 3.63) is 66.0 Å². The van der Waals surface area contributed by atoms with Crippen LogP contribution >= 0.6 is 0 Å². The third-order valence-corrected chi connectivity index (χ3v) is 4.67. The SMILES string of the molecule is COC(=O)CCCCCNC(=O)c1cc(-c2ccc(F)cc2)nc2ccccc12. The van der Waals surface area contributed by atoms with Crippen molar-refractivity contribution in [2.24, 2.45) is 0 Å². The minimum absolute atomic E-state index is 0.181. The zero-order chi connectivity index (χ0) is 20.6. The van der Waals surface area contributed by atoms with Crippen molar-refractivity contribution in [2.75, 3.05) is 13.7 Å². The molecule has 0 saturated heterocycles. The van der Waals surface area contributed by atoms with Gasteiger partial charge in [0.05, 0.1) is 23.9 Å². The van der Waals surface area contributed by atoms with Crippen LogP contribution in [0.2, 0.25) is 0 Å². The summed E-state index contributed by atoms with van der Waals surface area (Å²) in [4.78, 5) is 28.5. The van der Waals surface area contributed by atoms with E-state index in [1.165, 1.54) is 19.2 Å². The van der Waals surface area contributed by atoms with Crippen molar-refractivity contribution in [1.29, 1.82) is 0 Å². The summed E-state index contributed by atoms with van der Waals surface area (Å²) in [5, 5.41) is 3.70. The Kier molecular flexibility index (Phi) is 6.89. The average Bonchev–Trinajstić information content (AvgIpc) is 2.75. The minimum Gasteiger partial charge on any atom is -0.469 e. The quantitative estimate of drug-likeness (QED) is 0.451. The van der Waals surface area contributed by atoms with Crippen LogP contribution in [0.15, 0.2) is 54.6 Å². The number of halogens is 1. The Morgan fingerprint density at radius 1 is 1.03 bits per heavy atom. The monoisotopic (exact) mass is 394 g/mol. The Hall–Kier alpha value is -3.28. The molecule has 0 spiro atoms. The van der Waals surface area contributed by atoms with Crippen LogP contribution in [-0.2, 0) is 9.53 Å². The third-order valence-electron chi connectivity index (χ3n) is 4.67. The molecule has 0 atom stereocenters. The van der Waals surface area contributed by atoms with Crippen LogP contribution in [-0.4, -0.2) is 30.5 Å². The van der Waals surface area contributed by atoms with E-state index in [4.69, 9.17) is 0 Å². The molecule has 0 unspecified atom stereocenters. The Morgan fingerprint density at radius 3 is 2.55 bits per heavy atom. The molecule has 1 amide bonds. The van der Waals surface area contributed by atoms with Gasteiger partial charge in [0.25, 0.3) is 5.91 Å². The van der Waals surface area contributed by atoms with E-state index < -0.39 is 0 Å². The maximum atomic E-state index is 13.2. The van der Waals surface area contributed by atoms with Gasteiger partial charge in [-0.05, 0) is 49.2 Å². The highest BCUT2D eigenvalue weighted by Crippen LogP contribution is 2.25. The molecule has 1 N–H and O–H groups in total. The lowest BCUT2D eigenvalue weighted by molar-refractivity contribution is -0.140. The molecule has 0 saturated carbocycles. The second-order valence-corrected chi connectivity index (χ2v) is 6.72. The molecule has 3 rings (SSSR count). The van der Waals surface area contributed by atoms with Gasteiger partial charge in [0.15, 0.2) is 0 Å². The first-order chi connectivity index (χ1) is 14.1. The number of amides is 1. The summed E-state index contributed by atoms with van der Waals surface area (Å²) in [6.45, 7) is 0.516. The first kappa shape index (κ1) is 20.5. The highest BCUT2D eigenvalue weighted by Gasteiger charge is 2.13. The zero-order valence-electron chi connectivity index (χ0n) is 16.3. The first-order valence-electron chi connectivity index (χ1n) is 9.59. The number of hydrogen-bond donors (Lipinski definition) is 1. The van der Waals surface area contributed by atoms with Crippen molar-refractivity contribution in [3.8, 4) is 11.3 Å². The van der Waals surface area contributed by atoms with E-state index in [0.717, 1.165) is 30.2 Å². The van der Waals surface area contributed by atoms with Gasteiger partial charge in [-0.25, -0.2) is 9.37 Å². The minimum atomic E-state index is -0.320. The Balaban J connectivity index is 1.72. The molecule has 0 aliphatic heterocycles. The number of methoxy groups -OCH3 is 1. The topological polar surface area (TPSA) is 68.3 Å². The van der Waals surface area contributed by atoms with E-state index in [-0.39, 0.29) is 17.7 Å². The van der Waals surface area contributed by atoms with E-state index in [0.29, 0.717) is 29.7 Å². The fraction of sp³-hybridized carbons (Fsp3) is 0.261. The maximum Gasteiger partial charge on any atom is 0.305 e. The molecule has 2 aromatic carbocycles. The molecule has 0 fully saturated rings. The van der Waals surface area contributed by atoms with Crippen LogP contribution in [0.5, 0.6) is 0 Å². The number of carbonyl (C=O) groups is 2. The molecule has 29 heavy (non-hydrogen) atoms. The number of fused-ring (bicyclic) bond motifs is 1. The van der Waals surface area contributed by atoms with Crippen LogP contribution in [0.1, 0.15) is 36.0 Å². The van der Waals surface area contributed by atoms with Crippen molar-refractivity contribution in [3.63, 3.8) is 0 Å². The van der Waals surface area contributed by atoms with Crippen LogP contribution in [0.25, 0.3) is 22.2 Å². The number of nitrogens with zero attached hydrogens (tertiary/aromatic N) is 1. The van der Waals surface area contributed by atoms with E-state index in [2.05, 4.69) is 15.0 Å². The average molecular weight is 394 g/mol. The molecule has 1 heterocycles. The highest BCUT2D eigenvalue weighted by molar-refractivity contribution is 6.07. The first-order valence-corrected chi connectivity index (χ1v) is 9.59. The van der Waals surface area contributed by atoms with Crippen LogP contribution in [0.3, 0.4) is 0 Å². The van der Waals surface area contributed by atoms with Crippen LogP contribution in [0.4, 0.5) is 4.39 Å². The standard InChI is InChI=1S/C23H23FN2O3/c1-29-22(27)9-3-2-6-14-25-23(28)19-15-21(16-10-12-17(24)13-11-16)26-20-8-5-4-7-18(19)20/h4-5,7-8,10-13,15H,2-3,6,9,14H2,1H3,(H,25,28). The van der Waals surface area contributed by atoms with Gasteiger partial charge in [0, 0.05) is 23.9 Å². The zero-order valence-corrected chi connectivity index (χ0v) is 16.3. The number of nitrogens with one attached hydrogen (secondary N) is 1. The number of benzene rings is 2. The van der Waals surface area contributed by atoms with Gasteiger partial charge < -0.3 is 10.1 Å². The summed E-state index contributed by atoms with van der Waals surface area (Å²) in [6.07, 6.45) is 2.72. The molecule has 150 valence electrons. The van der Waals surface area contributed by atoms with E-state index in [1.807, 2.05) is 24.3 Å². The van der Waals surface area contributed by atoms with Gasteiger partial charge in [-0.1, -0.05) is 24.6 Å². The van der Waals surface area contributed by atoms with Crippen molar-refractivity contribution >= 4 is 22.8 Å². The fourth-order valence-corrected chi connectivity index (χ4v) is 3.10. The second-order valence-electron chi connectivity index (χ2n) is 6.72. The lowest BCUT2D eigenvalue weighted by Crippen LogP contribution is -2.25. The predicted octanol–water partition coefficient (Wildman–Crippen LogP) is 4.50. The smallest absolute Gasteiger partial charge is 0.305 e. The number of hydrogen-bond acceptors (Lipinski definition) is 4. The number of pyridine rings is 1. The van der Waals surface area contributed by atoms with Gasteiger partial charge in [-0.15, -0.1) is 0 Å². The fourth-order valence-electron chi connectivity index (χ4n) is 3.10. The second kappa shape index (κ2) is 9.78. The van der Waals surface area contributed by atoms with Gasteiger partial charge in [0.1, 0.15) is 5.82 Å². The number of rotatable bonds is 8. The maximum absolute atomic E-state index is 13.2. The van der Waals surface area contributed by atoms with Crippen LogP contribution < -0.4 is 5.32 Å². The highest BCUT2D eigenvalue weighted by atomic mass is 19.1. The van der Waals surface area contributed by atoms with E-state index in [1.54, 1.807) is 18.2 Å². The molecule has 0 aliphatic carbocycles. The number of esters is 1. The summed E-state index contributed by atoms with van der Waals surface area (Å²) in [7, 11) is 1.38. The normalized spacial score (nSPS) is 10.7.